The number of amides is 2. The number of hydrogen-bond acceptors (Lipinski definition) is 3. The van der Waals surface area contributed by atoms with E-state index in [1.165, 1.54) is 0 Å². The first-order chi connectivity index (χ1) is 9.49. The largest absolute Gasteiger partial charge is 0.344 e. The Kier molecular flexibility index (Phi) is 4.37. The van der Waals surface area contributed by atoms with Crippen LogP contribution in [0.15, 0.2) is 18.3 Å². The van der Waals surface area contributed by atoms with E-state index in [0.717, 1.165) is 11.3 Å². The summed E-state index contributed by atoms with van der Waals surface area (Å²) in [6.07, 6.45) is 2.08. The molecule has 1 fully saturated rings. The molecule has 1 saturated heterocycles. The second-order valence-electron chi connectivity index (χ2n) is 5.57. The van der Waals surface area contributed by atoms with Gasteiger partial charge in [0.25, 0.3) is 0 Å². The molecular formula is C15H21N3O2. The molecule has 0 spiro atoms. The van der Waals surface area contributed by atoms with E-state index in [9.17, 15) is 9.59 Å². The Morgan fingerprint density at radius 3 is 2.85 bits per heavy atom. The zero-order chi connectivity index (χ0) is 14.7. The zero-order valence-electron chi connectivity index (χ0n) is 12.2. The van der Waals surface area contributed by atoms with E-state index >= 15 is 0 Å². The number of hydrogen-bond donors (Lipinski definition) is 1. The number of aryl methyl sites for hydroxylation is 1. The highest BCUT2D eigenvalue weighted by molar-refractivity contribution is 5.90. The van der Waals surface area contributed by atoms with Crippen molar-refractivity contribution in [1.29, 1.82) is 0 Å². The predicted molar refractivity (Wildman–Crippen MR) is 75.8 cm³/mol. The Balaban J connectivity index is 2.19. The number of nitrogens with zero attached hydrogens (tertiary/aromatic N) is 2. The summed E-state index contributed by atoms with van der Waals surface area (Å²) in [5, 5.41) is 2.81. The molecule has 0 bridgehead atoms. The van der Waals surface area contributed by atoms with Crippen molar-refractivity contribution in [2.24, 2.45) is 5.92 Å². The molecule has 0 aromatic carbocycles. The van der Waals surface area contributed by atoms with E-state index in [2.05, 4.69) is 10.3 Å². The van der Waals surface area contributed by atoms with Crippen LogP contribution in [0.3, 0.4) is 0 Å². The quantitative estimate of drug-likeness (QED) is 0.903. The Morgan fingerprint density at radius 2 is 2.20 bits per heavy atom. The fourth-order valence-corrected chi connectivity index (χ4v) is 2.32. The first-order valence-corrected chi connectivity index (χ1v) is 6.97. The molecule has 1 aliphatic rings. The molecule has 1 unspecified atom stereocenters. The van der Waals surface area contributed by atoms with Crippen molar-refractivity contribution >= 4 is 11.8 Å². The second-order valence-corrected chi connectivity index (χ2v) is 5.57. The summed E-state index contributed by atoms with van der Waals surface area (Å²) in [5.41, 5.74) is 1.95. The zero-order valence-corrected chi connectivity index (χ0v) is 12.2. The first kappa shape index (κ1) is 14.5. The van der Waals surface area contributed by atoms with Gasteiger partial charge in [0.1, 0.15) is 6.04 Å². The summed E-state index contributed by atoms with van der Waals surface area (Å²) >= 11 is 0. The molecule has 1 aromatic heterocycles. The molecule has 5 nitrogen and oxygen atoms in total. The van der Waals surface area contributed by atoms with Crippen molar-refractivity contribution in [2.75, 3.05) is 6.54 Å². The number of aromatic nitrogens is 1. The van der Waals surface area contributed by atoms with Gasteiger partial charge in [-0.3, -0.25) is 14.6 Å². The summed E-state index contributed by atoms with van der Waals surface area (Å²) < 4.78 is 0. The topological polar surface area (TPSA) is 62.3 Å². The lowest BCUT2D eigenvalue weighted by Gasteiger charge is -2.26. The van der Waals surface area contributed by atoms with E-state index in [1.807, 2.05) is 32.9 Å². The third-order valence-corrected chi connectivity index (χ3v) is 3.63. The van der Waals surface area contributed by atoms with Gasteiger partial charge in [-0.2, -0.15) is 0 Å². The van der Waals surface area contributed by atoms with Gasteiger partial charge in [-0.05, 0) is 24.5 Å². The van der Waals surface area contributed by atoms with Gasteiger partial charge in [0.2, 0.25) is 11.8 Å². The van der Waals surface area contributed by atoms with E-state index in [0.29, 0.717) is 19.5 Å². The van der Waals surface area contributed by atoms with Gasteiger partial charge >= 0.3 is 0 Å². The molecule has 108 valence electrons. The normalized spacial score (nSPS) is 20.0. The maximum atomic E-state index is 12.5. The van der Waals surface area contributed by atoms with Crippen LogP contribution in [-0.2, 0) is 16.1 Å². The fourth-order valence-electron chi connectivity index (χ4n) is 2.32. The number of carbonyl (C=O) groups excluding carboxylic acids is 2. The number of rotatable bonds is 3. The van der Waals surface area contributed by atoms with Gasteiger partial charge < -0.3 is 10.2 Å². The minimum Gasteiger partial charge on any atom is -0.344 e. The monoisotopic (exact) mass is 275 g/mol. The minimum atomic E-state index is -0.436. The summed E-state index contributed by atoms with van der Waals surface area (Å²) in [5.74, 6) is 0.00470. The Labute approximate surface area is 119 Å². The Bertz CT molecular complexity index is 514. The Hall–Kier alpha value is -1.91. The number of nitrogens with one attached hydrogen (secondary N) is 1. The van der Waals surface area contributed by atoms with Crippen molar-refractivity contribution in [3.8, 4) is 0 Å². The average Bonchev–Trinajstić information content (AvgIpc) is 2.54. The van der Waals surface area contributed by atoms with Crippen LogP contribution < -0.4 is 5.32 Å². The lowest BCUT2D eigenvalue weighted by molar-refractivity contribution is -0.135. The van der Waals surface area contributed by atoms with Gasteiger partial charge in [-0.25, -0.2) is 0 Å². The highest BCUT2D eigenvalue weighted by atomic mass is 16.2. The SMILES string of the molecule is Cc1cccnc1CN1CCC(=O)NC(C(C)C)C1=O. The molecule has 0 saturated carbocycles. The average molecular weight is 275 g/mol. The van der Waals surface area contributed by atoms with Crippen molar-refractivity contribution < 1.29 is 9.59 Å². The van der Waals surface area contributed by atoms with Crippen LogP contribution >= 0.6 is 0 Å². The van der Waals surface area contributed by atoms with Crippen LogP contribution in [0.1, 0.15) is 31.5 Å². The second kappa shape index (κ2) is 6.03. The van der Waals surface area contributed by atoms with Gasteiger partial charge in [-0.15, -0.1) is 0 Å². The fraction of sp³-hybridized carbons (Fsp3) is 0.533. The van der Waals surface area contributed by atoms with E-state index in [1.54, 1.807) is 11.1 Å². The van der Waals surface area contributed by atoms with Crippen molar-refractivity contribution in [2.45, 2.75) is 39.8 Å². The van der Waals surface area contributed by atoms with Crippen LogP contribution in [0, 0.1) is 12.8 Å². The van der Waals surface area contributed by atoms with Gasteiger partial charge in [0.15, 0.2) is 0 Å². The highest BCUT2D eigenvalue weighted by Gasteiger charge is 2.32. The predicted octanol–water partition coefficient (Wildman–Crippen LogP) is 1.26. The molecule has 1 N–H and O–H groups in total. The molecule has 0 radical (unpaired) electrons. The maximum Gasteiger partial charge on any atom is 0.245 e. The molecule has 20 heavy (non-hydrogen) atoms. The third kappa shape index (κ3) is 3.15. The van der Waals surface area contributed by atoms with E-state index in [-0.39, 0.29) is 17.7 Å². The lowest BCUT2D eigenvalue weighted by Crippen LogP contribution is -2.47. The molecule has 5 heteroatoms. The molecule has 2 rings (SSSR count). The first-order valence-electron chi connectivity index (χ1n) is 6.97. The third-order valence-electron chi connectivity index (χ3n) is 3.63. The molecule has 1 atom stereocenters. The van der Waals surface area contributed by atoms with Gasteiger partial charge in [-0.1, -0.05) is 19.9 Å². The molecule has 1 aromatic rings. The minimum absolute atomic E-state index is 0.0177. The lowest BCUT2D eigenvalue weighted by atomic mass is 10.0. The molecule has 2 amide bonds. The summed E-state index contributed by atoms with van der Waals surface area (Å²) in [6.45, 7) is 6.78. The summed E-state index contributed by atoms with van der Waals surface area (Å²) in [6, 6.07) is 3.42. The van der Waals surface area contributed by atoms with E-state index < -0.39 is 6.04 Å². The number of carbonyl (C=O) groups is 2. The van der Waals surface area contributed by atoms with Crippen molar-refractivity contribution in [3.05, 3.63) is 29.6 Å². The smallest absolute Gasteiger partial charge is 0.245 e. The number of pyridine rings is 1. The van der Waals surface area contributed by atoms with E-state index in [4.69, 9.17) is 0 Å². The molecule has 1 aliphatic heterocycles. The highest BCUT2D eigenvalue weighted by Crippen LogP contribution is 2.15. The maximum absolute atomic E-state index is 12.5. The molecular weight excluding hydrogens is 254 g/mol. The van der Waals surface area contributed by atoms with Crippen LogP contribution in [-0.4, -0.2) is 34.3 Å². The van der Waals surface area contributed by atoms with Gasteiger partial charge in [0.05, 0.1) is 12.2 Å². The molecule has 0 aliphatic carbocycles. The summed E-state index contributed by atoms with van der Waals surface area (Å²) in [4.78, 5) is 30.3. The standard InChI is InChI=1S/C15H21N3O2/c1-10(2)14-15(20)18(8-6-13(19)17-14)9-12-11(3)5-4-7-16-12/h4-5,7,10,14H,6,8-9H2,1-3H3,(H,17,19). The van der Waals surface area contributed by atoms with Crippen LogP contribution in [0.2, 0.25) is 0 Å². The van der Waals surface area contributed by atoms with Crippen molar-refractivity contribution in [3.63, 3.8) is 0 Å². The van der Waals surface area contributed by atoms with Gasteiger partial charge in [0, 0.05) is 19.2 Å². The summed E-state index contributed by atoms with van der Waals surface area (Å²) in [7, 11) is 0. The van der Waals surface area contributed by atoms with Crippen molar-refractivity contribution in [1.82, 2.24) is 15.2 Å². The van der Waals surface area contributed by atoms with Crippen LogP contribution in [0.5, 0.6) is 0 Å². The van der Waals surface area contributed by atoms with Crippen LogP contribution in [0.25, 0.3) is 0 Å². The molecule has 2 heterocycles. The van der Waals surface area contributed by atoms with Crippen LogP contribution in [0.4, 0.5) is 0 Å². The Morgan fingerprint density at radius 1 is 1.45 bits per heavy atom.